The Balaban J connectivity index is 1.68. The lowest BCUT2D eigenvalue weighted by Gasteiger charge is -2.18. The minimum atomic E-state index is -0.00558. The van der Waals surface area contributed by atoms with Crippen LogP contribution in [0.15, 0.2) is 4.99 Å². The fraction of sp³-hybridized carbons (Fsp3) is 0.857. The Morgan fingerprint density at radius 3 is 2.70 bits per heavy atom. The lowest BCUT2D eigenvalue weighted by atomic mass is 10.3. The summed E-state index contributed by atoms with van der Waals surface area (Å²) in [7, 11) is 1.74. The molecule has 1 saturated heterocycles. The van der Waals surface area contributed by atoms with E-state index < -0.39 is 0 Å². The zero-order chi connectivity index (χ0) is 14.5. The highest BCUT2D eigenvalue weighted by Crippen LogP contribution is 2.29. The predicted molar refractivity (Wildman–Crippen MR) is 80.8 cm³/mol. The van der Waals surface area contributed by atoms with Gasteiger partial charge in [-0.2, -0.15) is 0 Å². The second-order valence-corrected chi connectivity index (χ2v) is 6.00. The quantitative estimate of drug-likeness (QED) is 0.487. The molecule has 6 nitrogen and oxygen atoms in total. The number of hydrogen-bond acceptors (Lipinski definition) is 3. The van der Waals surface area contributed by atoms with Crippen LogP contribution in [0.25, 0.3) is 0 Å². The Kier molecular flexibility index (Phi) is 5.23. The summed E-state index contributed by atoms with van der Waals surface area (Å²) in [6.45, 7) is 6.43. The Labute approximate surface area is 121 Å². The van der Waals surface area contributed by atoms with E-state index in [1.807, 2.05) is 13.8 Å². The van der Waals surface area contributed by atoms with Gasteiger partial charge in [-0.15, -0.1) is 0 Å². The Hall–Kier alpha value is -1.30. The molecule has 1 aliphatic heterocycles. The van der Waals surface area contributed by atoms with Gasteiger partial charge < -0.3 is 16.0 Å². The van der Waals surface area contributed by atoms with Crippen molar-refractivity contribution in [2.75, 3.05) is 26.7 Å². The van der Waals surface area contributed by atoms with Gasteiger partial charge in [0.15, 0.2) is 5.96 Å². The molecular formula is C14H27N5O. The van der Waals surface area contributed by atoms with Gasteiger partial charge in [0.2, 0.25) is 5.91 Å². The van der Waals surface area contributed by atoms with Crippen molar-refractivity contribution >= 4 is 11.9 Å². The fourth-order valence-electron chi connectivity index (χ4n) is 2.60. The van der Waals surface area contributed by atoms with Crippen LogP contribution in [0.3, 0.4) is 0 Å². The number of hydrogen-bond donors (Lipinski definition) is 3. The fourth-order valence-corrected chi connectivity index (χ4v) is 2.60. The first-order valence-electron chi connectivity index (χ1n) is 7.59. The van der Waals surface area contributed by atoms with E-state index in [9.17, 15) is 4.79 Å². The van der Waals surface area contributed by atoms with Gasteiger partial charge in [0.25, 0.3) is 0 Å². The number of nitrogens with zero attached hydrogens (tertiary/aromatic N) is 2. The molecule has 6 heteroatoms. The molecule has 2 fully saturated rings. The van der Waals surface area contributed by atoms with Gasteiger partial charge in [0.1, 0.15) is 0 Å². The van der Waals surface area contributed by atoms with Crippen molar-refractivity contribution in [2.24, 2.45) is 4.99 Å². The highest BCUT2D eigenvalue weighted by atomic mass is 16.1. The summed E-state index contributed by atoms with van der Waals surface area (Å²) in [5, 5.41) is 9.33. The highest BCUT2D eigenvalue weighted by Gasteiger charge is 2.34. The van der Waals surface area contributed by atoms with Crippen LogP contribution in [0.4, 0.5) is 0 Å². The van der Waals surface area contributed by atoms with E-state index in [0.29, 0.717) is 12.0 Å². The topological polar surface area (TPSA) is 68.8 Å². The molecule has 3 N–H and O–H groups in total. The number of likely N-dealkylation sites (tertiary alicyclic amines) is 1. The maximum atomic E-state index is 11.6. The summed E-state index contributed by atoms with van der Waals surface area (Å²) in [6, 6.07) is 1.43. The average molecular weight is 281 g/mol. The zero-order valence-electron chi connectivity index (χ0n) is 12.8. The molecule has 0 aromatic heterocycles. The van der Waals surface area contributed by atoms with E-state index >= 15 is 0 Å². The van der Waals surface area contributed by atoms with Crippen LogP contribution in [0, 0.1) is 0 Å². The summed E-state index contributed by atoms with van der Waals surface area (Å²) in [4.78, 5) is 18.3. The number of nitrogens with one attached hydrogen (secondary N) is 3. The molecule has 0 aromatic carbocycles. The number of amides is 1. The highest BCUT2D eigenvalue weighted by molar-refractivity contribution is 5.86. The molecule has 20 heavy (non-hydrogen) atoms. The standard InChI is InChI=1S/C14H27N5O/c1-10(2)17-13(20)8-16-14(15-3)18-11-6-7-19(9-11)12-4-5-12/h10-12H,4-9H2,1-3H3,(H,17,20)(H2,15,16,18). The molecule has 0 bridgehead atoms. The molecule has 1 aliphatic carbocycles. The van der Waals surface area contributed by atoms with Gasteiger partial charge in [-0.25, -0.2) is 0 Å². The molecule has 1 saturated carbocycles. The van der Waals surface area contributed by atoms with E-state index in [-0.39, 0.29) is 18.5 Å². The molecule has 1 heterocycles. The van der Waals surface area contributed by atoms with Crippen molar-refractivity contribution in [3.05, 3.63) is 0 Å². The lowest BCUT2D eigenvalue weighted by molar-refractivity contribution is -0.120. The number of guanidine groups is 1. The van der Waals surface area contributed by atoms with E-state index in [0.717, 1.165) is 19.0 Å². The molecule has 0 radical (unpaired) electrons. The number of rotatable bonds is 5. The van der Waals surface area contributed by atoms with Gasteiger partial charge in [-0.3, -0.25) is 14.7 Å². The normalized spacial score (nSPS) is 24.0. The van der Waals surface area contributed by atoms with E-state index in [4.69, 9.17) is 0 Å². The zero-order valence-corrected chi connectivity index (χ0v) is 12.8. The largest absolute Gasteiger partial charge is 0.352 e. The smallest absolute Gasteiger partial charge is 0.239 e. The molecule has 2 rings (SSSR count). The van der Waals surface area contributed by atoms with Crippen molar-refractivity contribution in [1.29, 1.82) is 0 Å². The van der Waals surface area contributed by atoms with E-state index in [2.05, 4.69) is 25.8 Å². The molecule has 1 atom stereocenters. The molecular weight excluding hydrogens is 254 g/mol. The molecule has 1 unspecified atom stereocenters. The van der Waals surface area contributed by atoms with Crippen molar-refractivity contribution < 1.29 is 4.79 Å². The molecule has 1 amide bonds. The third kappa shape index (κ3) is 4.67. The van der Waals surface area contributed by atoms with Gasteiger partial charge in [0, 0.05) is 38.3 Å². The summed E-state index contributed by atoms with van der Waals surface area (Å²) in [6.07, 6.45) is 3.86. The van der Waals surface area contributed by atoms with Crippen LogP contribution in [-0.4, -0.2) is 61.6 Å². The predicted octanol–water partition coefficient (Wildman–Crippen LogP) is -0.0873. The summed E-state index contributed by atoms with van der Waals surface area (Å²) < 4.78 is 0. The second-order valence-electron chi connectivity index (χ2n) is 6.00. The Morgan fingerprint density at radius 1 is 1.35 bits per heavy atom. The van der Waals surface area contributed by atoms with Gasteiger partial charge in [-0.05, 0) is 33.1 Å². The third-order valence-corrected chi connectivity index (χ3v) is 3.71. The SMILES string of the molecule is CN=C(NCC(=O)NC(C)C)NC1CCN(C2CC2)C1. The van der Waals surface area contributed by atoms with Crippen molar-refractivity contribution in [3.8, 4) is 0 Å². The van der Waals surface area contributed by atoms with Crippen LogP contribution in [0.1, 0.15) is 33.1 Å². The van der Waals surface area contributed by atoms with E-state index in [1.54, 1.807) is 7.05 Å². The molecule has 2 aliphatic rings. The number of carbonyl (C=O) groups is 1. The average Bonchev–Trinajstić information content (AvgIpc) is 3.14. The summed E-state index contributed by atoms with van der Waals surface area (Å²) >= 11 is 0. The van der Waals surface area contributed by atoms with Crippen molar-refractivity contribution in [1.82, 2.24) is 20.9 Å². The van der Waals surface area contributed by atoms with Gasteiger partial charge >= 0.3 is 0 Å². The Bertz CT molecular complexity index is 365. The van der Waals surface area contributed by atoms with Crippen LogP contribution in [-0.2, 0) is 4.79 Å². The summed E-state index contributed by atoms with van der Waals surface area (Å²) in [5.41, 5.74) is 0. The van der Waals surface area contributed by atoms with E-state index in [1.165, 1.54) is 19.4 Å². The Morgan fingerprint density at radius 2 is 2.10 bits per heavy atom. The number of carbonyl (C=O) groups excluding carboxylic acids is 1. The maximum absolute atomic E-state index is 11.6. The monoisotopic (exact) mass is 281 g/mol. The summed E-state index contributed by atoms with van der Waals surface area (Å²) in [5.74, 6) is 0.709. The number of aliphatic imine (C=N–C) groups is 1. The molecule has 0 spiro atoms. The lowest BCUT2D eigenvalue weighted by Crippen LogP contribution is -2.48. The first-order chi connectivity index (χ1) is 9.58. The maximum Gasteiger partial charge on any atom is 0.239 e. The first-order valence-corrected chi connectivity index (χ1v) is 7.59. The van der Waals surface area contributed by atoms with Gasteiger partial charge in [0.05, 0.1) is 6.54 Å². The molecule has 114 valence electrons. The molecule has 0 aromatic rings. The van der Waals surface area contributed by atoms with Crippen molar-refractivity contribution in [2.45, 2.75) is 51.2 Å². The third-order valence-electron chi connectivity index (χ3n) is 3.71. The first kappa shape index (κ1) is 15.1. The van der Waals surface area contributed by atoms with Gasteiger partial charge in [-0.1, -0.05) is 0 Å². The van der Waals surface area contributed by atoms with Crippen molar-refractivity contribution in [3.63, 3.8) is 0 Å². The second kappa shape index (κ2) is 6.92. The minimum Gasteiger partial charge on any atom is -0.352 e. The van der Waals surface area contributed by atoms with Crippen LogP contribution in [0.5, 0.6) is 0 Å². The van der Waals surface area contributed by atoms with Crippen LogP contribution < -0.4 is 16.0 Å². The van der Waals surface area contributed by atoms with Crippen LogP contribution in [0.2, 0.25) is 0 Å². The minimum absolute atomic E-state index is 0.00558. The van der Waals surface area contributed by atoms with Crippen LogP contribution >= 0.6 is 0 Å².